The molecule has 0 bridgehead atoms. The van der Waals surface area contributed by atoms with Crippen molar-refractivity contribution < 1.29 is 4.39 Å². The molecule has 0 aliphatic rings. The number of rotatable bonds is 4. The minimum Gasteiger partial charge on any atom is -0.316 e. The summed E-state index contributed by atoms with van der Waals surface area (Å²) < 4.78 is 14.0. The average molecular weight is 280 g/mol. The molecule has 3 heteroatoms. The summed E-state index contributed by atoms with van der Waals surface area (Å²) in [4.78, 5) is 4.60. The van der Waals surface area contributed by atoms with Gasteiger partial charge in [0.2, 0.25) is 0 Å². The Morgan fingerprint density at radius 2 is 1.90 bits per heavy atom. The van der Waals surface area contributed by atoms with E-state index in [0.29, 0.717) is 12.0 Å². The second-order valence-electron chi connectivity index (χ2n) is 5.13. The van der Waals surface area contributed by atoms with Crippen LogP contribution in [-0.4, -0.2) is 12.0 Å². The molecule has 2 aromatic carbocycles. The molecule has 106 valence electrons. The first kappa shape index (κ1) is 13.7. The molecule has 0 saturated heterocycles. The van der Waals surface area contributed by atoms with Crippen molar-refractivity contribution >= 4 is 10.9 Å². The summed E-state index contributed by atoms with van der Waals surface area (Å²) in [5.74, 6) is -0.176. The SMILES string of the molecule is CNCc1ccc(F)c(Cc2ccc3ccccc3n2)c1. The fraction of sp³-hybridized carbons (Fsp3) is 0.167. The molecular formula is C18H17FN2. The van der Waals surface area contributed by atoms with Crippen LogP contribution in [0.2, 0.25) is 0 Å². The number of aromatic nitrogens is 1. The summed E-state index contributed by atoms with van der Waals surface area (Å²) in [5.41, 5.74) is 3.59. The molecule has 1 heterocycles. The third-order valence-electron chi connectivity index (χ3n) is 3.52. The van der Waals surface area contributed by atoms with Crippen molar-refractivity contribution in [3.63, 3.8) is 0 Å². The van der Waals surface area contributed by atoms with E-state index in [1.165, 1.54) is 6.07 Å². The van der Waals surface area contributed by atoms with Gasteiger partial charge >= 0.3 is 0 Å². The van der Waals surface area contributed by atoms with Gasteiger partial charge in [0.25, 0.3) is 0 Å². The van der Waals surface area contributed by atoms with Gasteiger partial charge in [-0.05, 0) is 36.4 Å². The Hall–Kier alpha value is -2.26. The second kappa shape index (κ2) is 6.02. The molecule has 21 heavy (non-hydrogen) atoms. The van der Waals surface area contributed by atoms with Gasteiger partial charge in [0.05, 0.1) is 5.52 Å². The van der Waals surface area contributed by atoms with Crippen LogP contribution in [0.1, 0.15) is 16.8 Å². The van der Waals surface area contributed by atoms with Crippen LogP contribution in [0.4, 0.5) is 4.39 Å². The van der Waals surface area contributed by atoms with Crippen molar-refractivity contribution in [2.75, 3.05) is 7.05 Å². The van der Waals surface area contributed by atoms with Gasteiger partial charge < -0.3 is 5.32 Å². The lowest BCUT2D eigenvalue weighted by molar-refractivity contribution is 0.611. The zero-order valence-electron chi connectivity index (χ0n) is 11.9. The van der Waals surface area contributed by atoms with E-state index in [9.17, 15) is 4.39 Å². The maximum absolute atomic E-state index is 14.0. The first-order chi connectivity index (χ1) is 10.3. The second-order valence-corrected chi connectivity index (χ2v) is 5.13. The third kappa shape index (κ3) is 3.09. The summed E-state index contributed by atoms with van der Waals surface area (Å²) in [6.07, 6.45) is 0.508. The van der Waals surface area contributed by atoms with E-state index in [4.69, 9.17) is 0 Å². The highest BCUT2D eigenvalue weighted by Gasteiger charge is 2.06. The van der Waals surface area contributed by atoms with E-state index in [-0.39, 0.29) is 5.82 Å². The number of halogens is 1. The highest BCUT2D eigenvalue weighted by atomic mass is 19.1. The Balaban J connectivity index is 1.92. The Morgan fingerprint density at radius 1 is 1.05 bits per heavy atom. The molecule has 0 radical (unpaired) electrons. The van der Waals surface area contributed by atoms with Crippen LogP contribution in [0.5, 0.6) is 0 Å². The van der Waals surface area contributed by atoms with E-state index in [1.807, 2.05) is 55.6 Å². The van der Waals surface area contributed by atoms with Gasteiger partial charge in [0, 0.05) is 24.0 Å². The average Bonchev–Trinajstić information content (AvgIpc) is 2.51. The standard InChI is InChI=1S/C18H17FN2/c1-20-12-13-6-9-17(19)15(10-13)11-16-8-7-14-4-2-3-5-18(14)21-16/h2-10,20H,11-12H2,1H3. The van der Waals surface area contributed by atoms with Crippen molar-refractivity contribution in [3.05, 3.63) is 77.2 Å². The van der Waals surface area contributed by atoms with Gasteiger partial charge in [0.1, 0.15) is 5.82 Å². The molecule has 1 N–H and O–H groups in total. The normalized spacial score (nSPS) is 11.0. The van der Waals surface area contributed by atoms with Gasteiger partial charge in [-0.25, -0.2) is 4.39 Å². The van der Waals surface area contributed by atoms with Gasteiger partial charge in [-0.1, -0.05) is 36.4 Å². The molecule has 3 aromatic rings. The van der Waals surface area contributed by atoms with Crippen molar-refractivity contribution in [2.45, 2.75) is 13.0 Å². The number of nitrogens with one attached hydrogen (secondary N) is 1. The number of hydrogen-bond acceptors (Lipinski definition) is 2. The Kier molecular flexibility index (Phi) is 3.93. The van der Waals surface area contributed by atoms with Crippen LogP contribution in [0.25, 0.3) is 10.9 Å². The third-order valence-corrected chi connectivity index (χ3v) is 3.52. The monoisotopic (exact) mass is 280 g/mol. The van der Waals surface area contributed by atoms with E-state index < -0.39 is 0 Å². The fourth-order valence-electron chi connectivity index (χ4n) is 2.48. The summed E-state index contributed by atoms with van der Waals surface area (Å²) in [7, 11) is 1.88. The number of para-hydroxylation sites is 1. The van der Waals surface area contributed by atoms with Gasteiger partial charge in [-0.15, -0.1) is 0 Å². The van der Waals surface area contributed by atoms with Crippen LogP contribution in [-0.2, 0) is 13.0 Å². The van der Waals surface area contributed by atoms with Crippen molar-refractivity contribution in [1.82, 2.24) is 10.3 Å². The molecule has 0 unspecified atom stereocenters. The molecule has 0 aliphatic carbocycles. The zero-order valence-corrected chi connectivity index (χ0v) is 11.9. The quantitative estimate of drug-likeness (QED) is 0.788. The number of pyridine rings is 1. The lowest BCUT2D eigenvalue weighted by Gasteiger charge is -2.07. The van der Waals surface area contributed by atoms with E-state index in [0.717, 1.165) is 28.7 Å². The number of hydrogen-bond donors (Lipinski definition) is 1. The highest BCUT2D eigenvalue weighted by molar-refractivity contribution is 5.78. The Morgan fingerprint density at radius 3 is 2.76 bits per heavy atom. The molecule has 0 spiro atoms. The van der Waals surface area contributed by atoms with Crippen LogP contribution < -0.4 is 5.32 Å². The summed E-state index contributed by atoms with van der Waals surface area (Å²) in [6.45, 7) is 0.735. The van der Waals surface area contributed by atoms with E-state index in [2.05, 4.69) is 10.3 Å². The van der Waals surface area contributed by atoms with Crippen LogP contribution in [0.15, 0.2) is 54.6 Å². The van der Waals surface area contributed by atoms with Gasteiger partial charge in [0.15, 0.2) is 0 Å². The van der Waals surface area contributed by atoms with Crippen LogP contribution >= 0.6 is 0 Å². The maximum Gasteiger partial charge on any atom is 0.126 e. The summed E-state index contributed by atoms with van der Waals surface area (Å²) in [6, 6.07) is 17.2. The molecule has 3 rings (SSSR count). The predicted molar refractivity (Wildman–Crippen MR) is 83.7 cm³/mol. The molecule has 0 saturated carbocycles. The topological polar surface area (TPSA) is 24.9 Å². The molecule has 0 atom stereocenters. The smallest absolute Gasteiger partial charge is 0.126 e. The minimum atomic E-state index is -0.176. The van der Waals surface area contributed by atoms with Crippen molar-refractivity contribution in [1.29, 1.82) is 0 Å². The predicted octanol–water partition coefficient (Wildman–Crippen LogP) is 3.68. The van der Waals surface area contributed by atoms with Crippen LogP contribution in [0.3, 0.4) is 0 Å². The summed E-state index contributed by atoms with van der Waals surface area (Å²) in [5, 5.41) is 4.18. The van der Waals surface area contributed by atoms with E-state index in [1.54, 1.807) is 0 Å². The minimum absolute atomic E-state index is 0.176. The fourth-order valence-corrected chi connectivity index (χ4v) is 2.48. The molecule has 0 aliphatic heterocycles. The molecule has 2 nitrogen and oxygen atoms in total. The van der Waals surface area contributed by atoms with Crippen molar-refractivity contribution in [3.8, 4) is 0 Å². The molecule has 0 fully saturated rings. The highest BCUT2D eigenvalue weighted by Crippen LogP contribution is 2.17. The molecule has 0 amide bonds. The molecular weight excluding hydrogens is 263 g/mol. The maximum atomic E-state index is 14.0. The largest absolute Gasteiger partial charge is 0.316 e. The van der Waals surface area contributed by atoms with Crippen molar-refractivity contribution in [2.24, 2.45) is 0 Å². The number of fused-ring (bicyclic) bond motifs is 1. The lowest BCUT2D eigenvalue weighted by Crippen LogP contribution is -2.06. The number of nitrogens with zero attached hydrogens (tertiary/aromatic N) is 1. The number of benzene rings is 2. The lowest BCUT2D eigenvalue weighted by atomic mass is 10.0. The van der Waals surface area contributed by atoms with Gasteiger partial charge in [-0.2, -0.15) is 0 Å². The van der Waals surface area contributed by atoms with Crippen LogP contribution in [0, 0.1) is 5.82 Å². The molecule has 1 aromatic heterocycles. The summed E-state index contributed by atoms with van der Waals surface area (Å²) >= 11 is 0. The first-order valence-electron chi connectivity index (χ1n) is 7.03. The van der Waals surface area contributed by atoms with E-state index >= 15 is 0 Å². The zero-order chi connectivity index (χ0) is 14.7. The van der Waals surface area contributed by atoms with Gasteiger partial charge in [-0.3, -0.25) is 4.98 Å². The first-order valence-corrected chi connectivity index (χ1v) is 7.03. The Bertz CT molecular complexity index is 768. The Labute approximate surface area is 123 Å².